The van der Waals surface area contributed by atoms with Crippen molar-refractivity contribution in [3.63, 3.8) is 0 Å². The summed E-state index contributed by atoms with van der Waals surface area (Å²) < 4.78 is 5.37. The number of amidine groups is 1. The Hall–Kier alpha value is -1.35. The van der Waals surface area contributed by atoms with Crippen LogP contribution in [0.25, 0.3) is 0 Å². The van der Waals surface area contributed by atoms with Crippen molar-refractivity contribution in [1.82, 2.24) is 4.90 Å². The fourth-order valence-electron chi connectivity index (χ4n) is 1.75. The topological polar surface area (TPSA) is 36.3 Å². The van der Waals surface area contributed by atoms with Gasteiger partial charge in [-0.3, -0.25) is 5.41 Å². The summed E-state index contributed by atoms with van der Waals surface area (Å²) in [7, 11) is 0. The van der Waals surface area contributed by atoms with Gasteiger partial charge in [0.2, 0.25) is 0 Å². The summed E-state index contributed by atoms with van der Waals surface area (Å²) in [6.45, 7) is 3.30. The quantitative estimate of drug-likeness (QED) is 0.558. The Morgan fingerprint density at radius 1 is 1.13 bits per heavy atom. The van der Waals surface area contributed by atoms with Crippen LogP contribution in [0.1, 0.15) is 12.0 Å². The highest BCUT2D eigenvalue weighted by atomic mass is 16.5. The molecule has 0 spiro atoms. The Balaban J connectivity index is 2.06. The summed E-state index contributed by atoms with van der Waals surface area (Å²) in [6.07, 6.45) is 1.01. The Labute approximate surface area is 90.2 Å². The van der Waals surface area contributed by atoms with Gasteiger partial charge in [0.25, 0.3) is 0 Å². The molecule has 0 aliphatic carbocycles. The van der Waals surface area contributed by atoms with Crippen LogP contribution in [-0.4, -0.2) is 37.0 Å². The molecule has 1 aromatic carbocycles. The maximum atomic E-state index is 8.09. The zero-order valence-electron chi connectivity index (χ0n) is 8.78. The molecule has 1 heterocycles. The molecule has 0 unspecified atom stereocenters. The summed E-state index contributed by atoms with van der Waals surface area (Å²) in [4.78, 5) is 2.09. The standard InChI is InChI=1S/C12H16N2O/c13-12(11-5-2-1-3-6-11)14-7-4-9-15-10-8-14/h1-3,5-6,13H,4,7-10H2. The highest BCUT2D eigenvalue weighted by Crippen LogP contribution is 2.07. The zero-order valence-corrected chi connectivity index (χ0v) is 8.78. The monoisotopic (exact) mass is 204 g/mol. The Morgan fingerprint density at radius 2 is 1.93 bits per heavy atom. The second-order valence-electron chi connectivity index (χ2n) is 3.67. The Bertz CT molecular complexity index is 316. The normalized spacial score (nSPS) is 17.2. The minimum atomic E-state index is 0.612. The van der Waals surface area contributed by atoms with Gasteiger partial charge < -0.3 is 9.64 Å². The van der Waals surface area contributed by atoms with Gasteiger partial charge in [-0.05, 0) is 6.42 Å². The van der Waals surface area contributed by atoms with Crippen molar-refractivity contribution in [2.45, 2.75) is 6.42 Å². The first kappa shape index (κ1) is 10.2. The van der Waals surface area contributed by atoms with Gasteiger partial charge in [0, 0.05) is 25.3 Å². The Kier molecular flexibility index (Phi) is 3.35. The highest BCUT2D eigenvalue weighted by Gasteiger charge is 2.13. The molecular formula is C12H16N2O. The fourth-order valence-corrected chi connectivity index (χ4v) is 1.75. The molecule has 15 heavy (non-hydrogen) atoms. The summed E-state index contributed by atoms with van der Waals surface area (Å²) in [5, 5.41) is 8.09. The van der Waals surface area contributed by atoms with E-state index >= 15 is 0 Å². The first-order valence-electron chi connectivity index (χ1n) is 5.34. The summed E-state index contributed by atoms with van der Waals surface area (Å²) in [5.74, 6) is 0.612. The van der Waals surface area contributed by atoms with Crippen LogP contribution in [-0.2, 0) is 4.74 Å². The van der Waals surface area contributed by atoms with Gasteiger partial charge >= 0.3 is 0 Å². The number of nitrogens with zero attached hydrogens (tertiary/aromatic N) is 1. The predicted octanol–water partition coefficient (Wildman–Crippen LogP) is 1.73. The molecule has 0 amide bonds. The van der Waals surface area contributed by atoms with Gasteiger partial charge in [-0.1, -0.05) is 30.3 Å². The first-order chi connectivity index (χ1) is 7.38. The van der Waals surface area contributed by atoms with E-state index in [0.29, 0.717) is 5.84 Å². The van der Waals surface area contributed by atoms with Crippen LogP contribution in [0.2, 0.25) is 0 Å². The third kappa shape index (κ3) is 2.57. The lowest BCUT2D eigenvalue weighted by molar-refractivity contribution is 0.147. The van der Waals surface area contributed by atoms with Crippen LogP contribution in [0.4, 0.5) is 0 Å². The third-order valence-corrected chi connectivity index (χ3v) is 2.59. The molecule has 0 atom stereocenters. The van der Waals surface area contributed by atoms with Gasteiger partial charge in [0.1, 0.15) is 5.84 Å². The van der Waals surface area contributed by atoms with E-state index in [-0.39, 0.29) is 0 Å². The number of nitrogens with one attached hydrogen (secondary N) is 1. The maximum Gasteiger partial charge on any atom is 0.128 e. The number of hydrogen-bond donors (Lipinski definition) is 1. The second-order valence-corrected chi connectivity index (χ2v) is 3.67. The summed E-state index contributed by atoms with van der Waals surface area (Å²) >= 11 is 0. The van der Waals surface area contributed by atoms with E-state index in [1.54, 1.807) is 0 Å². The number of benzene rings is 1. The zero-order chi connectivity index (χ0) is 10.5. The van der Waals surface area contributed by atoms with Gasteiger partial charge in [0.15, 0.2) is 0 Å². The molecule has 1 aliphatic heterocycles. The van der Waals surface area contributed by atoms with Crippen LogP contribution in [0.15, 0.2) is 30.3 Å². The second kappa shape index (κ2) is 4.94. The summed E-state index contributed by atoms with van der Waals surface area (Å²) in [6, 6.07) is 9.88. The van der Waals surface area contributed by atoms with Gasteiger partial charge in [-0.25, -0.2) is 0 Å². The molecular weight excluding hydrogens is 188 g/mol. The smallest absolute Gasteiger partial charge is 0.128 e. The van der Waals surface area contributed by atoms with Crippen LogP contribution in [0.5, 0.6) is 0 Å². The molecule has 1 fully saturated rings. The van der Waals surface area contributed by atoms with Crippen molar-refractivity contribution < 1.29 is 4.74 Å². The maximum absolute atomic E-state index is 8.09. The fraction of sp³-hybridized carbons (Fsp3) is 0.417. The van der Waals surface area contributed by atoms with E-state index < -0.39 is 0 Å². The van der Waals surface area contributed by atoms with Gasteiger partial charge in [0.05, 0.1) is 6.61 Å². The van der Waals surface area contributed by atoms with E-state index in [2.05, 4.69) is 4.90 Å². The van der Waals surface area contributed by atoms with Crippen molar-refractivity contribution in [2.24, 2.45) is 0 Å². The van der Waals surface area contributed by atoms with Gasteiger partial charge in [-0.2, -0.15) is 0 Å². The van der Waals surface area contributed by atoms with E-state index in [4.69, 9.17) is 10.1 Å². The van der Waals surface area contributed by atoms with Crippen LogP contribution in [0.3, 0.4) is 0 Å². The van der Waals surface area contributed by atoms with E-state index in [1.807, 2.05) is 30.3 Å². The lowest BCUT2D eigenvalue weighted by Crippen LogP contribution is -2.33. The summed E-state index contributed by atoms with van der Waals surface area (Å²) in [5.41, 5.74) is 0.986. The minimum absolute atomic E-state index is 0.612. The van der Waals surface area contributed by atoms with E-state index in [9.17, 15) is 0 Å². The van der Waals surface area contributed by atoms with Crippen LogP contribution in [0, 0.1) is 5.41 Å². The van der Waals surface area contributed by atoms with Crippen LogP contribution >= 0.6 is 0 Å². The minimum Gasteiger partial charge on any atom is -0.380 e. The van der Waals surface area contributed by atoms with Crippen molar-refractivity contribution in [3.8, 4) is 0 Å². The molecule has 3 heteroatoms. The SMILES string of the molecule is N=C(c1ccccc1)N1CCCOCC1. The molecule has 80 valence electrons. The van der Waals surface area contributed by atoms with Crippen molar-refractivity contribution >= 4 is 5.84 Å². The van der Waals surface area contributed by atoms with E-state index in [1.165, 1.54) is 0 Å². The molecule has 0 aromatic heterocycles. The lowest BCUT2D eigenvalue weighted by Gasteiger charge is -2.22. The van der Waals surface area contributed by atoms with Crippen molar-refractivity contribution in [1.29, 1.82) is 5.41 Å². The number of rotatable bonds is 1. The average molecular weight is 204 g/mol. The van der Waals surface area contributed by atoms with Crippen LogP contribution < -0.4 is 0 Å². The molecule has 0 bridgehead atoms. The molecule has 0 saturated carbocycles. The molecule has 1 N–H and O–H groups in total. The first-order valence-corrected chi connectivity index (χ1v) is 5.34. The van der Waals surface area contributed by atoms with E-state index in [0.717, 1.165) is 38.3 Å². The molecule has 1 saturated heterocycles. The predicted molar refractivity (Wildman–Crippen MR) is 60.3 cm³/mol. The molecule has 2 rings (SSSR count). The highest BCUT2D eigenvalue weighted by molar-refractivity contribution is 5.96. The molecule has 1 aromatic rings. The Morgan fingerprint density at radius 3 is 2.73 bits per heavy atom. The lowest BCUT2D eigenvalue weighted by atomic mass is 10.2. The average Bonchev–Trinajstić information content (AvgIpc) is 2.58. The van der Waals surface area contributed by atoms with Crippen molar-refractivity contribution in [2.75, 3.05) is 26.3 Å². The number of hydrogen-bond acceptors (Lipinski definition) is 2. The third-order valence-electron chi connectivity index (χ3n) is 2.59. The van der Waals surface area contributed by atoms with Gasteiger partial charge in [-0.15, -0.1) is 0 Å². The molecule has 0 radical (unpaired) electrons. The largest absolute Gasteiger partial charge is 0.380 e. The molecule has 1 aliphatic rings. The van der Waals surface area contributed by atoms with Crippen molar-refractivity contribution in [3.05, 3.63) is 35.9 Å². The molecule has 3 nitrogen and oxygen atoms in total. The number of ether oxygens (including phenoxy) is 1.